The van der Waals surface area contributed by atoms with Crippen molar-refractivity contribution in [2.75, 3.05) is 36.1 Å². The lowest BCUT2D eigenvalue weighted by Crippen LogP contribution is -2.45. The average Bonchev–Trinajstić information content (AvgIpc) is 2.68. The van der Waals surface area contributed by atoms with Crippen LogP contribution in [-0.4, -0.2) is 60.5 Å². The average molecular weight is 401 g/mol. The fourth-order valence-electron chi connectivity index (χ4n) is 3.76. The van der Waals surface area contributed by atoms with Crippen LogP contribution in [0.25, 0.3) is 0 Å². The zero-order valence-electron chi connectivity index (χ0n) is 15.7. The summed E-state index contributed by atoms with van der Waals surface area (Å²) in [4.78, 5) is 23.3. The first kappa shape index (κ1) is 18.8. The number of hydrogen-bond donors (Lipinski definition) is 1. The van der Waals surface area contributed by atoms with E-state index in [1.54, 1.807) is 17.2 Å². The number of fused-ring (bicyclic) bond motifs is 1. The van der Waals surface area contributed by atoms with Crippen LogP contribution >= 0.6 is 0 Å². The number of amides is 1. The summed E-state index contributed by atoms with van der Waals surface area (Å²) in [5.41, 5.74) is 1.76. The quantitative estimate of drug-likeness (QED) is 0.835. The summed E-state index contributed by atoms with van der Waals surface area (Å²) in [6.45, 7) is 1.50. The van der Waals surface area contributed by atoms with E-state index in [0.717, 1.165) is 24.8 Å². The molecular formula is C19H23N5O3S. The SMILES string of the molecule is CS(=O)(=O)N1CCCC(Nc2nccc(N3CCc4ccccc4C3=O)n2)C1. The maximum Gasteiger partial charge on any atom is 0.259 e. The number of anilines is 2. The van der Waals surface area contributed by atoms with Crippen molar-refractivity contribution in [2.24, 2.45) is 0 Å². The smallest absolute Gasteiger partial charge is 0.259 e. The van der Waals surface area contributed by atoms with Gasteiger partial charge in [0.1, 0.15) is 5.82 Å². The molecule has 3 heterocycles. The minimum atomic E-state index is -3.21. The molecule has 1 saturated heterocycles. The molecule has 0 saturated carbocycles. The van der Waals surface area contributed by atoms with Crippen LogP contribution in [0.1, 0.15) is 28.8 Å². The Kier molecular flexibility index (Phi) is 5.03. The number of carbonyl (C=O) groups is 1. The predicted octanol–water partition coefficient (Wildman–Crippen LogP) is 1.52. The molecule has 0 radical (unpaired) electrons. The van der Waals surface area contributed by atoms with Gasteiger partial charge in [-0.3, -0.25) is 9.69 Å². The van der Waals surface area contributed by atoms with Crippen LogP contribution in [0.3, 0.4) is 0 Å². The van der Waals surface area contributed by atoms with E-state index in [-0.39, 0.29) is 11.9 Å². The maximum atomic E-state index is 12.8. The largest absolute Gasteiger partial charge is 0.350 e. The fraction of sp³-hybridized carbons (Fsp3) is 0.421. The molecule has 0 bridgehead atoms. The Morgan fingerprint density at radius 2 is 2.00 bits per heavy atom. The van der Waals surface area contributed by atoms with E-state index in [1.165, 1.54) is 10.6 Å². The molecular weight excluding hydrogens is 378 g/mol. The van der Waals surface area contributed by atoms with Crippen molar-refractivity contribution in [3.8, 4) is 0 Å². The normalized spacial score (nSPS) is 20.7. The van der Waals surface area contributed by atoms with Gasteiger partial charge in [-0.1, -0.05) is 18.2 Å². The standard InChI is InChI=1S/C19H23N5O3S/c1-28(26,27)23-11-4-6-15(13-23)21-19-20-10-8-17(22-19)24-12-9-14-5-2-3-7-16(14)18(24)25/h2-3,5,7-8,10,15H,4,6,9,11-13H2,1H3,(H,20,21,22). The zero-order chi connectivity index (χ0) is 19.7. The van der Waals surface area contributed by atoms with E-state index in [4.69, 9.17) is 0 Å². The lowest BCUT2D eigenvalue weighted by molar-refractivity contribution is 0.0980. The Bertz CT molecular complexity index is 995. The third-order valence-corrected chi connectivity index (χ3v) is 6.47. The van der Waals surface area contributed by atoms with Crippen molar-refractivity contribution in [3.05, 3.63) is 47.7 Å². The van der Waals surface area contributed by atoms with Crippen molar-refractivity contribution in [1.82, 2.24) is 14.3 Å². The maximum absolute atomic E-state index is 12.8. The van der Waals surface area contributed by atoms with Crippen molar-refractivity contribution < 1.29 is 13.2 Å². The van der Waals surface area contributed by atoms with Gasteiger partial charge in [0.05, 0.1) is 6.26 Å². The van der Waals surface area contributed by atoms with Crippen molar-refractivity contribution in [1.29, 1.82) is 0 Å². The summed E-state index contributed by atoms with van der Waals surface area (Å²) in [5.74, 6) is 0.893. The van der Waals surface area contributed by atoms with E-state index in [1.807, 2.05) is 24.3 Å². The third kappa shape index (κ3) is 3.85. The van der Waals surface area contributed by atoms with Crippen LogP contribution in [0, 0.1) is 0 Å². The molecule has 1 fully saturated rings. The number of sulfonamides is 1. The molecule has 28 heavy (non-hydrogen) atoms. The highest BCUT2D eigenvalue weighted by Crippen LogP contribution is 2.24. The summed E-state index contributed by atoms with van der Waals surface area (Å²) in [6.07, 6.45) is 5.25. The van der Waals surface area contributed by atoms with Crippen LogP contribution in [0.4, 0.5) is 11.8 Å². The summed E-state index contributed by atoms with van der Waals surface area (Å²) in [5, 5.41) is 3.23. The van der Waals surface area contributed by atoms with Crippen LogP contribution in [-0.2, 0) is 16.4 Å². The van der Waals surface area contributed by atoms with Gasteiger partial charge in [-0.05, 0) is 37.0 Å². The summed E-state index contributed by atoms with van der Waals surface area (Å²) >= 11 is 0. The van der Waals surface area contributed by atoms with Gasteiger partial charge >= 0.3 is 0 Å². The number of carbonyl (C=O) groups excluding carboxylic acids is 1. The number of rotatable bonds is 4. The van der Waals surface area contributed by atoms with Crippen molar-refractivity contribution >= 4 is 27.7 Å². The van der Waals surface area contributed by atoms with Gasteiger partial charge in [-0.15, -0.1) is 0 Å². The van der Waals surface area contributed by atoms with Crippen LogP contribution in [0.2, 0.25) is 0 Å². The molecule has 8 nitrogen and oxygen atoms in total. The van der Waals surface area contributed by atoms with E-state index < -0.39 is 10.0 Å². The van der Waals surface area contributed by atoms with Gasteiger partial charge in [0.2, 0.25) is 16.0 Å². The molecule has 1 N–H and O–H groups in total. The third-order valence-electron chi connectivity index (χ3n) is 5.20. The lowest BCUT2D eigenvalue weighted by Gasteiger charge is -2.31. The molecule has 1 unspecified atom stereocenters. The molecule has 1 amide bonds. The Morgan fingerprint density at radius 3 is 2.82 bits per heavy atom. The van der Waals surface area contributed by atoms with E-state index >= 15 is 0 Å². The highest BCUT2D eigenvalue weighted by atomic mass is 32.2. The first-order valence-corrected chi connectivity index (χ1v) is 11.2. The lowest BCUT2D eigenvalue weighted by atomic mass is 9.99. The fourth-order valence-corrected chi connectivity index (χ4v) is 4.67. The van der Waals surface area contributed by atoms with Gasteiger partial charge in [-0.2, -0.15) is 4.98 Å². The molecule has 148 valence electrons. The molecule has 9 heteroatoms. The Hall–Kier alpha value is -2.52. The van der Waals surface area contributed by atoms with Gasteiger partial charge in [0, 0.05) is 37.4 Å². The van der Waals surface area contributed by atoms with Crippen molar-refractivity contribution in [3.63, 3.8) is 0 Å². The summed E-state index contributed by atoms with van der Waals surface area (Å²) in [7, 11) is -3.21. The molecule has 4 rings (SSSR count). The molecule has 1 atom stereocenters. The summed E-state index contributed by atoms with van der Waals surface area (Å²) < 4.78 is 25.1. The second kappa shape index (κ2) is 7.48. The summed E-state index contributed by atoms with van der Waals surface area (Å²) in [6, 6.07) is 9.29. The molecule has 2 aromatic rings. The Morgan fingerprint density at radius 1 is 1.18 bits per heavy atom. The van der Waals surface area contributed by atoms with E-state index in [2.05, 4.69) is 15.3 Å². The van der Waals surface area contributed by atoms with Gasteiger partial charge in [0.25, 0.3) is 5.91 Å². The number of nitrogens with one attached hydrogen (secondary N) is 1. The van der Waals surface area contributed by atoms with Crippen LogP contribution < -0.4 is 10.2 Å². The molecule has 0 spiro atoms. The monoisotopic (exact) mass is 401 g/mol. The molecule has 0 aliphatic carbocycles. The first-order valence-electron chi connectivity index (χ1n) is 9.36. The number of piperidine rings is 1. The Balaban J connectivity index is 1.50. The number of nitrogens with zero attached hydrogens (tertiary/aromatic N) is 4. The topological polar surface area (TPSA) is 95.5 Å². The van der Waals surface area contributed by atoms with Crippen LogP contribution in [0.5, 0.6) is 0 Å². The number of benzene rings is 1. The second-order valence-electron chi connectivity index (χ2n) is 7.21. The number of aromatic nitrogens is 2. The first-order chi connectivity index (χ1) is 13.4. The highest BCUT2D eigenvalue weighted by Gasteiger charge is 2.28. The molecule has 2 aliphatic heterocycles. The minimum absolute atomic E-state index is 0.0588. The van der Waals surface area contributed by atoms with E-state index in [9.17, 15) is 13.2 Å². The van der Waals surface area contributed by atoms with E-state index in [0.29, 0.717) is 37.0 Å². The van der Waals surface area contributed by atoms with Gasteiger partial charge in [-0.25, -0.2) is 17.7 Å². The minimum Gasteiger partial charge on any atom is -0.350 e. The Labute approximate surface area is 164 Å². The number of hydrogen-bond acceptors (Lipinski definition) is 6. The van der Waals surface area contributed by atoms with Crippen molar-refractivity contribution in [2.45, 2.75) is 25.3 Å². The zero-order valence-corrected chi connectivity index (χ0v) is 16.5. The molecule has 1 aromatic heterocycles. The molecule has 1 aromatic carbocycles. The van der Waals surface area contributed by atoms with Crippen LogP contribution in [0.15, 0.2) is 36.5 Å². The second-order valence-corrected chi connectivity index (χ2v) is 9.19. The van der Waals surface area contributed by atoms with Gasteiger partial charge in [0.15, 0.2) is 0 Å². The molecule has 2 aliphatic rings. The highest BCUT2D eigenvalue weighted by molar-refractivity contribution is 7.88. The van der Waals surface area contributed by atoms with Gasteiger partial charge < -0.3 is 5.32 Å². The predicted molar refractivity (Wildman–Crippen MR) is 107 cm³/mol.